The van der Waals surface area contributed by atoms with Gasteiger partial charge in [0.2, 0.25) is 0 Å². The molecule has 0 radical (unpaired) electrons. The maximum atomic E-state index is 12.5. The number of carbonyl (C=O) groups is 2. The van der Waals surface area contributed by atoms with E-state index in [1.54, 1.807) is 0 Å². The lowest BCUT2D eigenvalue weighted by atomic mass is 9.83. The van der Waals surface area contributed by atoms with Gasteiger partial charge < -0.3 is 10.0 Å². The molecule has 0 aromatic heterocycles. The Hall–Kier alpha value is -2.50. The van der Waals surface area contributed by atoms with Crippen LogP contribution in [0.4, 0.5) is 0 Å². The summed E-state index contributed by atoms with van der Waals surface area (Å²) >= 11 is 0. The molecular weight excluding hydrogens is 472 g/mol. The summed E-state index contributed by atoms with van der Waals surface area (Å²) in [4.78, 5) is 30.0. The van der Waals surface area contributed by atoms with E-state index >= 15 is 0 Å². The summed E-state index contributed by atoms with van der Waals surface area (Å²) in [7, 11) is 0. The maximum Gasteiger partial charge on any atom is 0.321 e. The zero-order chi connectivity index (χ0) is 26.3. The fourth-order valence-corrected chi connectivity index (χ4v) is 7.39. The third-order valence-electron chi connectivity index (χ3n) is 9.52. The zero-order valence-electron chi connectivity index (χ0n) is 22.7. The average Bonchev–Trinajstić information content (AvgIpc) is 3.36. The highest BCUT2D eigenvalue weighted by molar-refractivity contribution is 5.95. The Morgan fingerprint density at radius 2 is 1.50 bits per heavy atom. The van der Waals surface area contributed by atoms with Crippen molar-refractivity contribution < 1.29 is 14.7 Å². The van der Waals surface area contributed by atoms with Crippen LogP contribution in [-0.2, 0) is 4.79 Å². The van der Waals surface area contributed by atoms with Crippen LogP contribution in [0.3, 0.4) is 0 Å². The second-order valence-corrected chi connectivity index (χ2v) is 12.0. The number of likely N-dealkylation sites (tertiary alicyclic amines) is 2. The lowest BCUT2D eigenvalue weighted by Crippen LogP contribution is -2.46. The molecule has 1 N–H and O–H groups in total. The van der Waals surface area contributed by atoms with Gasteiger partial charge in [0, 0.05) is 37.5 Å². The van der Waals surface area contributed by atoms with Crippen molar-refractivity contribution in [1.29, 1.82) is 0 Å². The van der Waals surface area contributed by atoms with Gasteiger partial charge in [-0.1, -0.05) is 79.9 Å². The maximum absolute atomic E-state index is 12.5. The first kappa shape index (κ1) is 27.1. The molecule has 0 amide bonds. The van der Waals surface area contributed by atoms with Crippen LogP contribution < -0.4 is 0 Å². The third-order valence-corrected chi connectivity index (χ3v) is 9.52. The first-order valence-corrected chi connectivity index (χ1v) is 14.9. The topological polar surface area (TPSA) is 60.9 Å². The van der Waals surface area contributed by atoms with Crippen molar-refractivity contribution in [2.45, 2.75) is 69.7 Å². The van der Waals surface area contributed by atoms with Crippen LogP contribution in [0, 0.1) is 17.8 Å². The third kappa shape index (κ3) is 6.73. The van der Waals surface area contributed by atoms with Crippen molar-refractivity contribution in [1.82, 2.24) is 9.80 Å². The van der Waals surface area contributed by atoms with E-state index in [9.17, 15) is 14.7 Å². The number of hydrogen-bond acceptors (Lipinski definition) is 4. The number of piperidine rings is 1. The van der Waals surface area contributed by atoms with Crippen LogP contribution in [0.15, 0.2) is 60.7 Å². The predicted octanol–water partition coefficient (Wildman–Crippen LogP) is 6.11. The second-order valence-electron chi connectivity index (χ2n) is 12.0. The minimum Gasteiger partial charge on any atom is -0.480 e. The molecule has 38 heavy (non-hydrogen) atoms. The fourth-order valence-electron chi connectivity index (χ4n) is 7.39. The molecule has 2 aromatic carbocycles. The zero-order valence-corrected chi connectivity index (χ0v) is 22.7. The molecular formula is C33H44N2O3. The number of benzene rings is 2. The summed E-state index contributed by atoms with van der Waals surface area (Å²) < 4.78 is 0. The van der Waals surface area contributed by atoms with E-state index in [4.69, 9.17) is 0 Å². The highest BCUT2D eigenvalue weighted by Crippen LogP contribution is 2.38. The molecule has 204 valence electrons. The predicted molar refractivity (Wildman–Crippen MR) is 151 cm³/mol. The number of hydrogen-bond donors (Lipinski definition) is 1. The molecule has 2 aromatic rings. The smallest absolute Gasteiger partial charge is 0.321 e. The number of ketones is 1. The molecule has 2 saturated heterocycles. The molecule has 0 spiro atoms. The van der Waals surface area contributed by atoms with Crippen LogP contribution in [0.25, 0.3) is 0 Å². The van der Waals surface area contributed by atoms with Crippen molar-refractivity contribution in [3.05, 3.63) is 71.8 Å². The molecule has 5 nitrogen and oxygen atoms in total. The van der Waals surface area contributed by atoms with Crippen LogP contribution in [0.1, 0.15) is 79.6 Å². The van der Waals surface area contributed by atoms with Gasteiger partial charge in [-0.3, -0.25) is 14.5 Å². The normalized spacial score (nSPS) is 24.8. The summed E-state index contributed by atoms with van der Waals surface area (Å²) in [6, 6.07) is 20.1. The largest absolute Gasteiger partial charge is 0.480 e. The van der Waals surface area contributed by atoms with E-state index in [0.29, 0.717) is 24.2 Å². The monoisotopic (exact) mass is 516 g/mol. The summed E-state index contributed by atoms with van der Waals surface area (Å²) in [6.45, 7) is 4.90. The minimum atomic E-state index is -0.629. The first-order chi connectivity index (χ1) is 18.6. The molecule has 3 atom stereocenters. The van der Waals surface area contributed by atoms with E-state index in [0.717, 1.165) is 70.4 Å². The average molecular weight is 517 g/mol. The van der Waals surface area contributed by atoms with Crippen LogP contribution >= 0.6 is 0 Å². The number of rotatable bonds is 10. The molecule has 3 fully saturated rings. The summed E-state index contributed by atoms with van der Waals surface area (Å²) in [5.41, 5.74) is 2.18. The van der Waals surface area contributed by atoms with Crippen molar-refractivity contribution in [2.24, 2.45) is 17.8 Å². The standard InChI is InChI=1S/C33H44N2O3/c36-31(27-12-6-2-7-13-27)17-16-25-18-20-34(21-19-25)22-29-23-35(24-30(29)26-10-4-1-5-11-26)32(33(37)38)28-14-8-3-9-15-28/h1-2,4-7,10-13,25,28-30,32H,3,8-9,14-24H2,(H,37,38)/t29-,30+,32+/m0/s1. The number of carboxylic acid groups (broad SMARTS) is 1. The van der Waals surface area contributed by atoms with Gasteiger partial charge in [-0.15, -0.1) is 0 Å². The van der Waals surface area contributed by atoms with Crippen molar-refractivity contribution in [3.63, 3.8) is 0 Å². The van der Waals surface area contributed by atoms with E-state index in [1.807, 2.05) is 30.3 Å². The van der Waals surface area contributed by atoms with E-state index < -0.39 is 5.97 Å². The number of aliphatic carboxylic acids is 1. The number of carbonyl (C=O) groups excluding carboxylic acids is 1. The molecule has 5 heteroatoms. The van der Waals surface area contributed by atoms with E-state index in [-0.39, 0.29) is 17.7 Å². The Kier molecular flexibility index (Phi) is 9.29. The summed E-state index contributed by atoms with van der Waals surface area (Å²) in [6.07, 6.45) is 9.59. The molecule has 3 aliphatic rings. The second kappa shape index (κ2) is 13.0. The Balaban J connectivity index is 1.18. The van der Waals surface area contributed by atoms with Gasteiger partial charge in [-0.25, -0.2) is 0 Å². The lowest BCUT2D eigenvalue weighted by molar-refractivity contribution is -0.145. The molecule has 1 aliphatic carbocycles. The van der Waals surface area contributed by atoms with Gasteiger partial charge in [-0.05, 0) is 68.5 Å². The molecule has 1 saturated carbocycles. The SMILES string of the molecule is O=C(CCC1CCN(C[C@H]2CN([C@@H](C(=O)O)C3CCCCC3)C[C@@H]2c2ccccc2)CC1)c1ccccc1. The Morgan fingerprint density at radius 3 is 2.16 bits per heavy atom. The van der Waals surface area contributed by atoms with Gasteiger partial charge in [0.25, 0.3) is 0 Å². The number of nitrogens with zero attached hydrogens (tertiary/aromatic N) is 2. The van der Waals surface area contributed by atoms with Gasteiger partial charge in [0.15, 0.2) is 5.78 Å². The molecule has 5 rings (SSSR count). The first-order valence-electron chi connectivity index (χ1n) is 14.9. The Morgan fingerprint density at radius 1 is 0.842 bits per heavy atom. The summed E-state index contributed by atoms with van der Waals surface area (Å²) in [5.74, 6) is 1.35. The number of Topliss-reactive ketones (excluding diaryl/α,β-unsaturated/α-hetero) is 1. The minimum absolute atomic E-state index is 0.260. The quantitative estimate of drug-likeness (QED) is 0.386. The van der Waals surface area contributed by atoms with Crippen molar-refractivity contribution >= 4 is 11.8 Å². The van der Waals surface area contributed by atoms with Gasteiger partial charge in [0.05, 0.1) is 0 Å². The Bertz CT molecular complexity index is 1030. The van der Waals surface area contributed by atoms with Crippen LogP contribution in [0.2, 0.25) is 0 Å². The van der Waals surface area contributed by atoms with Gasteiger partial charge in [0.1, 0.15) is 6.04 Å². The summed E-state index contributed by atoms with van der Waals surface area (Å²) in [5, 5.41) is 10.3. The number of carboxylic acids is 1. The lowest BCUT2D eigenvalue weighted by Gasteiger charge is -2.35. The van der Waals surface area contributed by atoms with Crippen LogP contribution in [0.5, 0.6) is 0 Å². The van der Waals surface area contributed by atoms with Crippen LogP contribution in [-0.4, -0.2) is 65.4 Å². The molecule has 0 unspecified atom stereocenters. The van der Waals surface area contributed by atoms with Crippen molar-refractivity contribution in [2.75, 3.05) is 32.7 Å². The fraction of sp³-hybridized carbons (Fsp3) is 0.576. The molecule has 2 aliphatic heterocycles. The van der Waals surface area contributed by atoms with E-state index in [2.05, 4.69) is 40.1 Å². The molecule has 2 heterocycles. The Labute approximate surface area is 228 Å². The van der Waals surface area contributed by atoms with Crippen molar-refractivity contribution in [3.8, 4) is 0 Å². The molecule has 0 bridgehead atoms. The highest BCUT2D eigenvalue weighted by Gasteiger charge is 2.43. The van der Waals surface area contributed by atoms with E-state index in [1.165, 1.54) is 24.8 Å². The highest BCUT2D eigenvalue weighted by atomic mass is 16.4. The van der Waals surface area contributed by atoms with Gasteiger partial charge >= 0.3 is 5.97 Å². The van der Waals surface area contributed by atoms with Gasteiger partial charge in [-0.2, -0.15) is 0 Å².